The molecule has 3 rings (SSSR count). The molecule has 4 nitrogen and oxygen atoms in total. The zero-order chi connectivity index (χ0) is 14.2. The molecule has 6 heteroatoms. The summed E-state index contributed by atoms with van der Waals surface area (Å²) in [6.45, 7) is 5.50. The SMILES string of the molecule is CC(N)C(c1ccc(Br)s1)N1CCC2(CC1)OCCO2. The largest absolute Gasteiger partial charge is 0.347 e. The van der Waals surface area contributed by atoms with E-state index in [-0.39, 0.29) is 17.9 Å². The van der Waals surface area contributed by atoms with Crippen LogP contribution in [0.3, 0.4) is 0 Å². The van der Waals surface area contributed by atoms with Crippen molar-refractivity contribution in [3.63, 3.8) is 0 Å². The summed E-state index contributed by atoms with van der Waals surface area (Å²) in [4.78, 5) is 3.80. The van der Waals surface area contributed by atoms with Gasteiger partial charge in [0.25, 0.3) is 0 Å². The zero-order valence-corrected chi connectivity index (χ0v) is 14.1. The maximum absolute atomic E-state index is 6.24. The third-order valence-electron chi connectivity index (χ3n) is 4.15. The Morgan fingerprint density at radius 1 is 1.30 bits per heavy atom. The number of rotatable bonds is 3. The average molecular weight is 361 g/mol. The van der Waals surface area contributed by atoms with E-state index in [1.807, 2.05) is 0 Å². The maximum atomic E-state index is 6.24. The van der Waals surface area contributed by atoms with Gasteiger partial charge in [-0.05, 0) is 35.0 Å². The van der Waals surface area contributed by atoms with E-state index >= 15 is 0 Å². The van der Waals surface area contributed by atoms with Crippen LogP contribution in [-0.4, -0.2) is 43.0 Å². The van der Waals surface area contributed by atoms with Crippen LogP contribution in [0.1, 0.15) is 30.7 Å². The van der Waals surface area contributed by atoms with E-state index < -0.39 is 0 Å². The van der Waals surface area contributed by atoms with Crippen molar-refractivity contribution < 1.29 is 9.47 Å². The van der Waals surface area contributed by atoms with Crippen molar-refractivity contribution in [1.82, 2.24) is 4.90 Å². The van der Waals surface area contributed by atoms with Crippen molar-refractivity contribution in [2.75, 3.05) is 26.3 Å². The minimum atomic E-state index is -0.311. The highest BCUT2D eigenvalue weighted by atomic mass is 79.9. The number of thiophene rings is 1. The molecule has 2 aliphatic rings. The molecular weight excluding hydrogens is 340 g/mol. The molecule has 2 unspecified atom stereocenters. The van der Waals surface area contributed by atoms with E-state index in [4.69, 9.17) is 15.2 Å². The second kappa shape index (κ2) is 6.02. The minimum absolute atomic E-state index is 0.111. The number of likely N-dealkylation sites (tertiary alicyclic amines) is 1. The lowest BCUT2D eigenvalue weighted by Gasteiger charge is -2.42. The Balaban J connectivity index is 1.70. The first kappa shape index (κ1) is 14.9. The zero-order valence-electron chi connectivity index (χ0n) is 11.7. The van der Waals surface area contributed by atoms with Crippen LogP contribution in [0.4, 0.5) is 0 Å². The van der Waals surface area contributed by atoms with Crippen LogP contribution < -0.4 is 5.73 Å². The monoisotopic (exact) mass is 360 g/mol. The molecule has 2 saturated heterocycles. The molecular formula is C14H21BrN2O2S. The van der Waals surface area contributed by atoms with Gasteiger partial charge in [-0.3, -0.25) is 4.90 Å². The number of ether oxygens (including phenoxy) is 2. The second-order valence-corrected chi connectivity index (χ2v) is 8.08. The Morgan fingerprint density at radius 2 is 1.95 bits per heavy atom. The molecule has 2 atom stereocenters. The van der Waals surface area contributed by atoms with E-state index in [1.54, 1.807) is 11.3 Å². The van der Waals surface area contributed by atoms with Crippen molar-refractivity contribution in [1.29, 1.82) is 0 Å². The summed E-state index contributed by atoms with van der Waals surface area (Å²) in [6.07, 6.45) is 1.87. The van der Waals surface area contributed by atoms with Crippen LogP contribution in [-0.2, 0) is 9.47 Å². The standard InChI is InChI=1S/C14H21BrN2O2S/c1-10(16)13(11-2-3-12(15)20-11)17-6-4-14(5-7-17)18-8-9-19-14/h2-3,10,13H,4-9,16H2,1H3. The van der Waals surface area contributed by atoms with Gasteiger partial charge in [0.05, 0.1) is 23.0 Å². The lowest BCUT2D eigenvalue weighted by molar-refractivity contribution is -0.188. The highest BCUT2D eigenvalue weighted by molar-refractivity contribution is 9.11. The van der Waals surface area contributed by atoms with Gasteiger partial charge in [-0.1, -0.05) is 0 Å². The molecule has 0 aliphatic carbocycles. The number of hydrogen-bond acceptors (Lipinski definition) is 5. The molecule has 2 fully saturated rings. The van der Waals surface area contributed by atoms with Gasteiger partial charge in [0.1, 0.15) is 0 Å². The molecule has 0 amide bonds. The summed E-state index contributed by atoms with van der Waals surface area (Å²) >= 11 is 5.32. The Kier molecular flexibility index (Phi) is 4.50. The molecule has 1 spiro atoms. The lowest BCUT2D eigenvalue weighted by atomic mass is 9.98. The predicted molar refractivity (Wildman–Crippen MR) is 83.9 cm³/mol. The van der Waals surface area contributed by atoms with Crippen molar-refractivity contribution in [3.05, 3.63) is 20.8 Å². The van der Waals surface area contributed by atoms with Gasteiger partial charge in [0.2, 0.25) is 0 Å². The van der Waals surface area contributed by atoms with E-state index in [2.05, 4.69) is 39.9 Å². The first-order valence-corrected chi connectivity index (χ1v) is 8.73. The molecule has 3 heterocycles. The molecule has 0 saturated carbocycles. The molecule has 0 radical (unpaired) electrons. The Morgan fingerprint density at radius 3 is 2.45 bits per heavy atom. The van der Waals surface area contributed by atoms with Crippen molar-refractivity contribution in [3.8, 4) is 0 Å². The third-order valence-corrected chi connectivity index (χ3v) is 5.84. The number of piperidine rings is 1. The third kappa shape index (κ3) is 2.96. The fourth-order valence-electron chi connectivity index (χ4n) is 3.19. The van der Waals surface area contributed by atoms with E-state index in [0.717, 1.165) is 42.9 Å². The van der Waals surface area contributed by atoms with Gasteiger partial charge in [0, 0.05) is 36.9 Å². The number of halogens is 1. The quantitative estimate of drug-likeness (QED) is 0.900. The molecule has 2 aliphatic heterocycles. The smallest absolute Gasteiger partial charge is 0.170 e. The molecule has 112 valence electrons. The summed E-state index contributed by atoms with van der Waals surface area (Å²) < 4.78 is 12.8. The van der Waals surface area contributed by atoms with Crippen LogP contribution in [0.15, 0.2) is 15.9 Å². The topological polar surface area (TPSA) is 47.7 Å². The molecule has 1 aromatic heterocycles. The lowest BCUT2D eigenvalue weighted by Crippen LogP contribution is -2.49. The predicted octanol–water partition coefficient (Wildman–Crippen LogP) is 2.74. The van der Waals surface area contributed by atoms with Crippen LogP contribution >= 0.6 is 27.3 Å². The Hall–Kier alpha value is 0.0200. The first-order valence-electron chi connectivity index (χ1n) is 7.12. The van der Waals surface area contributed by atoms with Crippen LogP contribution in [0, 0.1) is 0 Å². The summed E-state index contributed by atoms with van der Waals surface area (Å²) in [5.41, 5.74) is 6.24. The maximum Gasteiger partial charge on any atom is 0.170 e. The normalized spacial score (nSPS) is 25.9. The Labute approximate surface area is 132 Å². The Bertz CT molecular complexity index is 450. The number of hydrogen-bond donors (Lipinski definition) is 1. The van der Waals surface area contributed by atoms with Gasteiger partial charge in [-0.2, -0.15) is 0 Å². The summed E-state index contributed by atoms with van der Waals surface area (Å²) in [6, 6.07) is 4.67. The summed E-state index contributed by atoms with van der Waals surface area (Å²) in [5, 5.41) is 0. The highest BCUT2D eigenvalue weighted by Crippen LogP contribution is 2.38. The van der Waals surface area contributed by atoms with Crippen LogP contribution in [0.2, 0.25) is 0 Å². The second-order valence-electron chi connectivity index (χ2n) is 5.59. The van der Waals surface area contributed by atoms with Crippen molar-refractivity contribution in [2.24, 2.45) is 5.73 Å². The number of nitrogens with zero attached hydrogens (tertiary/aromatic N) is 1. The average Bonchev–Trinajstić information content (AvgIpc) is 3.02. The van der Waals surface area contributed by atoms with Crippen LogP contribution in [0.25, 0.3) is 0 Å². The van der Waals surface area contributed by atoms with Gasteiger partial charge < -0.3 is 15.2 Å². The molecule has 1 aromatic rings. The highest BCUT2D eigenvalue weighted by Gasteiger charge is 2.41. The number of nitrogens with two attached hydrogens (primary N) is 1. The summed E-state index contributed by atoms with van der Waals surface area (Å²) in [7, 11) is 0. The van der Waals surface area contributed by atoms with Gasteiger partial charge in [-0.25, -0.2) is 0 Å². The van der Waals surface area contributed by atoms with E-state index in [1.165, 1.54) is 4.88 Å². The van der Waals surface area contributed by atoms with Gasteiger partial charge in [-0.15, -0.1) is 11.3 Å². The van der Waals surface area contributed by atoms with Crippen LogP contribution in [0.5, 0.6) is 0 Å². The fourth-order valence-corrected chi connectivity index (χ4v) is 4.86. The van der Waals surface area contributed by atoms with Crippen molar-refractivity contribution in [2.45, 2.75) is 37.6 Å². The van der Waals surface area contributed by atoms with Gasteiger partial charge in [0.15, 0.2) is 5.79 Å². The molecule has 0 bridgehead atoms. The molecule has 2 N–H and O–H groups in total. The molecule has 0 aromatic carbocycles. The first-order chi connectivity index (χ1) is 9.60. The minimum Gasteiger partial charge on any atom is -0.347 e. The van der Waals surface area contributed by atoms with Gasteiger partial charge >= 0.3 is 0 Å². The van der Waals surface area contributed by atoms with E-state index in [9.17, 15) is 0 Å². The van der Waals surface area contributed by atoms with E-state index in [0.29, 0.717) is 0 Å². The summed E-state index contributed by atoms with van der Waals surface area (Å²) in [5.74, 6) is -0.311. The van der Waals surface area contributed by atoms with Crippen molar-refractivity contribution >= 4 is 27.3 Å². The molecule has 20 heavy (non-hydrogen) atoms. The fraction of sp³-hybridized carbons (Fsp3) is 0.714.